The van der Waals surface area contributed by atoms with Gasteiger partial charge in [0.1, 0.15) is 30.1 Å². The van der Waals surface area contributed by atoms with Gasteiger partial charge in [0.15, 0.2) is 6.29 Å². The standard InChI is InChI=1S/C22H25FN8O3/c1-29-7-8-31(21(33)13-29)12-15-3-4-20(27-18(15)14-32)30(2)22(34)28-19-9-17(25-6-5-23)16(10-24)11-26-19/h3-4,9,11,14H,5-8,12-13H2,1-2H3,(H2,25,26,28,34). The van der Waals surface area contributed by atoms with E-state index in [0.717, 1.165) is 6.54 Å². The second kappa shape index (κ2) is 11.2. The van der Waals surface area contributed by atoms with Crippen LogP contribution in [0, 0.1) is 11.3 Å². The molecule has 0 bridgehead atoms. The summed E-state index contributed by atoms with van der Waals surface area (Å²) in [6.45, 7) is 1.26. The molecule has 0 aromatic carbocycles. The van der Waals surface area contributed by atoms with E-state index in [1.165, 1.54) is 24.2 Å². The van der Waals surface area contributed by atoms with Crippen LogP contribution in [0.1, 0.15) is 21.6 Å². The van der Waals surface area contributed by atoms with Crippen LogP contribution in [-0.4, -0.2) is 84.9 Å². The molecule has 11 nitrogen and oxygen atoms in total. The quantitative estimate of drug-likeness (QED) is 0.557. The maximum atomic E-state index is 12.7. The predicted octanol–water partition coefficient (Wildman–Crippen LogP) is 1.48. The number of rotatable bonds is 8. The molecule has 34 heavy (non-hydrogen) atoms. The zero-order valence-electron chi connectivity index (χ0n) is 18.9. The van der Waals surface area contributed by atoms with Gasteiger partial charge >= 0.3 is 6.03 Å². The molecule has 2 N–H and O–H groups in total. The number of likely N-dealkylation sites (N-methyl/N-ethyl adjacent to an activating group) is 1. The van der Waals surface area contributed by atoms with E-state index in [4.69, 9.17) is 5.26 Å². The number of pyridine rings is 2. The summed E-state index contributed by atoms with van der Waals surface area (Å²) < 4.78 is 12.5. The summed E-state index contributed by atoms with van der Waals surface area (Å²) >= 11 is 0. The Morgan fingerprint density at radius 3 is 2.85 bits per heavy atom. The average Bonchev–Trinajstić information content (AvgIpc) is 2.84. The molecule has 1 aliphatic rings. The smallest absolute Gasteiger partial charge is 0.328 e. The SMILES string of the molecule is CN1CCN(Cc2ccc(N(C)C(=O)Nc3cc(NCCF)c(C#N)cn3)nc2C=O)C(=O)C1. The number of nitrogens with zero attached hydrogens (tertiary/aromatic N) is 6. The Morgan fingerprint density at radius 1 is 1.38 bits per heavy atom. The van der Waals surface area contributed by atoms with E-state index < -0.39 is 12.7 Å². The third kappa shape index (κ3) is 5.81. The number of carbonyl (C=O) groups is 3. The summed E-state index contributed by atoms with van der Waals surface area (Å²) in [5.41, 5.74) is 1.28. The molecule has 0 aliphatic carbocycles. The van der Waals surface area contributed by atoms with E-state index in [-0.39, 0.29) is 41.9 Å². The minimum atomic E-state index is -0.624. The third-order valence-corrected chi connectivity index (χ3v) is 5.30. The molecular weight excluding hydrogens is 443 g/mol. The Kier molecular flexibility index (Phi) is 8.05. The number of hydrogen-bond acceptors (Lipinski definition) is 8. The molecule has 0 spiro atoms. The van der Waals surface area contributed by atoms with Gasteiger partial charge < -0.3 is 10.2 Å². The Balaban J connectivity index is 1.72. The lowest BCUT2D eigenvalue weighted by Gasteiger charge is -2.32. The molecule has 0 unspecified atom stereocenters. The first-order valence-electron chi connectivity index (χ1n) is 10.5. The highest BCUT2D eigenvalue weighted by Gasteiger charge is 2.23. The van der Waals surface area contributed by atoms with Crippen LogP contribution < -0.4 is 15.5 Å². The fourth-order valence-corrected chi connectivity index (χ4v) is 3.35. The minimum absolute atomic E-state index is 0.0104. The Hall–Kier alpha value is -4.11. The molecule has 1 saturated heterocycles. The van der Waals surface area contributed by atoms with Gasteiger partial charge in [-0.15, -0.1) is 0 Å². The molecule has 2 aromatic rings. The molecule has 3 amide bonds. The molecular formula is C22H25FN8O3. The number of anilines is 3. The van der Waals surface area contributed by atoms with Gasteiger partial charge in [0, 0.05) is 51.1 Å². The summed E-state index contributed by atoms with van der Waals surface area (Å²) in [5, 5.41) is 14.5. The van der Waals surface area contributed by atoms with E-state index in [2.05, 4.69) is 20.6 Å². The largest absolute Gasteiger partial charge is 0.381 e. The van der Waals surface area contributed by atoms with E-state index in [1.54, 1.807) is 17.0 Å². The van der Waals surface area contributed by atoms with E-state index >= 15 is 0 Å². The average molecular weight is 468 g/mol. The van der Waals surface area contributed by atoms with Gasteiger partial charge in [-0.1, -0.05) is 6.07 Å². The van der Waals surface area contributed by atoms with Gasteiger partial charge in [-0.25, -0.2) is 19.2 Å². The van der Waals surface area contributed by atoms with E-state index in [1.807, 2.05) is 18.0 Å². The normalized spacial score (nSPS) is 13.8. The fourth-order valence-electron chi connectivity index (χ4n) is 3.35. The first-order chi connectivity index (χ1) is 16.4. The number of halogens is 1. The summed E-state index contributed by atoms with van der Waals surface area (Å²) in [6, 6.07) is 6.05. The zero-order valence-corrected chi connectivity index (χ0v) is 18.9. The number of amides is 3. The predicted molar refractivity (Wildman–Crippen MR) is 123 cm³/mol. The van der Waals surface area contributed by atoms with Crippen molar-refractivity contribution in [2.45, 2.75) is 6.54 Å². The van der Waals surface area contributed by atoms with Crippen LogP contribution in [0.15, 0.2) is 24.4 Å². The van der Waals surface area contributed by atoms with Crippen molar-refractivity contribution in [2.75, 3.05) is 62.5 Å². The highest BCUT2D eigenvalue weighted by molar-refractivity contribution is 6.00. The molecule has 0 radical (unpaired) electrons. The Bertz CT molecular complexity index is 1120. The van der Waals surface area contributed by atoms with Crippen molar-refractivity contribution in [3.8, 4) is 6.07 Å². The second-order valence-corrected chi connectivity index (χ2v) is 7.72. The van der Waals surface area contributed by atoms with Crippen molar-refractivity contribution in [3.63, 3.8) is 0 Å². The first-order valence-corrected chi connectivity index (χ1v) is 10.5. The maximum absolute atomic E-state index is 12.7. The van der Waals surface area contributed by atoms with Crippen LogP contribution in [0.3, 0.4) is 0 Å². The minimum Gasteiger partial charge on any atom is -0.381 e. The summed E-state index contributed by atoms with van der Waals surface area (Å²) in [4.78, 5) is 49.7. The van der Waals surface area contributed by atoms with Crippen molar-refractivity contribution in [1.82, 2.24) is 19.8 Å². The lowest BCUT2D eigenvalue weighted by molar-refractivity contribution is -0.136. The summed E-state index contributed by atoms with van der Waals surface area (Å²) in [7, 11) is 3.35. The number of hydrogen-bond donors (Lipinski definition) is 2. The van der Waals surface area contributed by atoms with E-state index in [9.17, 15) is 18.8 Å². The van der Waals surface area contributed by atoms with Crippen molar-refractivity contribution in [3.05, 3.63) is 41.2 Å². The third-order valence-electron chi connectivity index (χ3n) is 5.30. The van der Waals surface area contributed by atoms with Crippen LogP contribution >= 0.6 is 0 Å². The number of aldehydes is 1. The first kappa shape index (κ1) is 24.5. The Labute approximate surface area is 196 Å². The van der Waals surface area contributed by atoms with Gasteiger partial charge in [0.2, 0.25) is 5.91 Å². The topological polar surface area (TPSA) is 135 Å². The van der Waals surface area contributed by atoms with Crippen LogP contribution in [0.25, 0.3) is 0 Å². The summed E-state index contributed by atoms with van der Waals surface area (Å²) in [6.07, 6.45) is 1.86. The number of piperazine rings is 1. The fraction of sp³-hybridized carbons (Fsp3) is 0.364. The lowest BCUT2D eigenvalue weighted by Crippen LogP contribution is -2.48. The number of aromatic nitrogens is 2. The molecule has 0 atom stereocenters. The summed E-state index contributed by atoms with van der Waals surface area (Å²) in [5.74, 6) is 0.344. The van der Waals surface area contributed by atoms with Crippen LogP contribution in [-0.2, 0) is 11.3 Å². The highest BCUT2D eigenvalue weighted by Crippen LogP contribution is 2.20. The van der Waals surface area contributed by atoms with Gasteiger partial charge in [-0.05, 0) is 13.1 Å². The van der Waals surface area contributed by atoms with E-state index in [0.29, 0.717) is 30.6 Å². The van der Waals surface area contributed by atoms with Crippen molar-refractivity contribution in [1.29, 1.82) is 5.26 Å². The molecule has 2 aromatic heterocycles. The number of alkyl halides is 1. The van der Waals surface area contributed by atoms with Crippen molar-refractivity contribution >= 4 is 35.5 Å². The van der Waals surface area contributed by atoms with Crippen LogP contribution in [0.2, 0.25) is 0 Å². The Morgan fingerprint density at radius 2 is 2.18 bits per heavy atom. The van der Waals surface area contributed by atoms with Gasteiger partial charge in [-0.2, -0.15) is 5.26 Å². The second-order valence-electron chi connectivity index (χ2n) is 7.72. The monoisotopic (exact) mass is 468 g/mol. The molecule has 178 valence electrons. The highest BCUT2D eigenvalue weighted by atomic mass is 19.1. The number of urea groups is 1. The van der Waals surface area contributed by atoms with Crippen LogP contribution in [0.4, 0.5) is 26.5 Å². The van der Waals surface area contributed by atoms with Crippen molar-refractivity contribution in [2.24, 2.45) is 0 Å². The molecule has 1 fully saturated rings. The molecule has 3 heterocycles. The molecule has 0 saturated carbocycles. The molecule has 12 heteroatoms. The number of carbonyl (C=O) groups excluding carboxylic acids is 3. The van der Waals surface area contributed by atoms with Crippen LogP contribution in [0.5, 0.6) is 0 Å². The number of nitrogens with one attached hydrogen (secondary N) is 2. The van der Waals surface area contributed by atoms with Crippen molar-refractivity contribution < 1.29 is 18.8 Å². The van der Waals surface area contributed by atoms with Gasteiger partial charge in [0.25, 0.3) is 0 Å². The molecule has 3 rings (SSSR count). The maximum Gasteiger partial charge on any atom is 0.328 e. The van der Waals surface area contributed by atoms with Gasteiger partial charge in [0.05, 0.1) is 17.8 Å². The molecule has 1 aliphatic heterocycles. The lowest BCUT2D eigenvalue weighted by atomic mass is 10.1. The van der Waals surface area contributed by atoms with Gasteiger partial charge in [-0.3, -0.25) is 24.7 Å². The number of nitriles is 1. The zero-order chi connectivity index (χ0) is 24.7.